The Morgan fingerprint density at radius 2 is 0.725 bits per heavy atom. The second-order valence-corrected chi connectivity index (χ2v) is 12.0. The van der Waals surface area contributed by atoms with Gasteiger partial charge in [-0.2, -0.15) is 0 Å². The van der Waals surface area contributed by atoms with Crippen LogP contribution in [0.3, 0.4) is 0 Å². The van der Waals surface area contributed by atoms with Gasteiger partial charge in [0.25, 0.3) is 0 Å². The number of rotatable bonds is 13. The van der Waals surface area contributed by atoms with Gasteiger partial charge in [0.15, 0.2) is 14.6 Å². The summed E-state index contributed by atoms with van der Waals surface area (Å²) in [6.07, 6.45) is 7.08. The van der Waals surface area contributed by atoms with Gasteiger partial charge in [0.2, 0.25) is 0 Å². The quantitative estimate of drug-likeness (QED) is 0.142. The highest BCUT2D eigenvalue weighted by Gasteiger charge is 2.31. The molecule has 0 bridgehead atoms. The van der Waals surface area contributed by atoms with Crippen LogP contribution in [0.15, 0.2) is 97.1 Å². The van der Waals surface area contributed by atoms with E-state index >= 15 is 0 Å². The molecule has 4 N–H and O–H groups in total. The van der Waals surface area contributed by atoms with E-state index in [0.717, 1.165) is 27.2 Å². The third kappa shape index (κ3) is 7.36. The van der Waals surface area contributed by atoms with Crippen molar-refractivity contribution in [2.45, 2.75) is 76.9 Å². The molecule has 0 unspecified atom stereocenters. The summed E-state index contributed by atoms with van der Waals surface area (Å²) < 4.78 is 0. The summed E-state index contributed by atoms with van der Waals surface area (Å²) in [5, 5.41) is 0. The molecule has 0 aliphatic heterocycles. The van der Waals surface area contributed by atoms with Crippen molar-refractivity contribution < 1.29 is 0 Å². The van der Waals surface area contributed by atoms with Gasteiger partial charge in [-0.1, -0.05) is 158 Å². The fourth-order valence-corrected chi connectivity index (χ4v) is 6.12. The highest BCUT2D eigenvalue weighted by atomic mass is 14.7. The van der Waals surface area contributed by atoms with Crippen LogP contribution in [0, 0.1) is 27.7 Å². The first kappa shape index (κ1) is 29.9. The number of hydrogen-bond acceptors (Lipinski definition) is 2. The second-order valence-electron chi connectivity index (χ2n) is 12.0. The Bertz CT molecular complexity index is 1200. The lowest BCUT2D eigenvalue weighted by molar-refractivity contribution is 0.676. The predicted molar refractivity (Wildman–Crippen MR) is 177 cm³/mol. The molecule has 0 saturated carbocycles. The van der Waals surface area contributed by atoms with Gasteiger partial charge in [-0.3, -0.25) is 0 Å². The third-order valence-electron chi connectivity index (χ3n) is 8.53. The van der Waals surface area contributed by atoms with E-state index in [2.05, 4.69) is 125 Å². The van der Waals surface area contributed by atoms with Gasteiger partial charge in [0.1, 0.15) is 0 Å². The van der Waals surface area contributed by atoms with Crippen molar-refractivity contribution >= 4 is 14.6 Å². The standard InChI is InChI=1S/C36H46B2N2/c1-27-13-9-17-31(23-27)35(39,32-18-10-14-28(2)24-32)37-21-7-5-6-8-22-38-36(40,33-19-11-15-29(3)25-33)34-20-12-16-30(4)26-34/h9-20,23-26,37-38H,5-8,21-22,39-40H2,1-4H3. The van der Waals surface area contributed by atoms with E-state index in [4.69, 9.17) is 11.5 Å². The van der Waals surface area contributed by atoms with Crippen molar-refractivity contribution in [2.24, 2.45) is 11.5 Å². The lowest BCUT2D eigenvalue weighted by Gasteiger charge is -2.31. The average molecular weight is 528 g/mol. The number of unbranched alkanes of at least 4 members (excludes halogenated alkanes) is 3. The Balaban J connectivity index is 1.33. The molecule has 0 amide bonds. The number of benzene rings is 4. The first-order valence-electron chi connectivity index (χ1n) is 15.1. The van der Waals surface area contributed by atoms with Gasteiger partial charge in [-0.25, -0.2) is 0 Å². The molecule has 40 heavy (non-hydrogen) atoms. The molecule has 4 rings (SSSR count). The fourth-order valence-electron chi connectivity index (χ4n) is 6.12. The predicted octanol–water partition coefficient (Wildman–Crippen LogP) is 7.21. The molecule has 0 fully saturated rings. The van der Waals surface area contributed by atoms with Crippen LogP contribution >= 0.6 is 0 Å². The van der Waals surface area contributed by atoms with E-state index in [-0.39, 0.29) is 0 Å². The summed E-state index contributed by atoms with van der Waals surface area (Å²) in [6.45, 7) is 8.59. The Labute approximate surface area is 244 Å². The third-order valence-corrected chi connectivity index (χ3v) is 8.53. The Morgan fingerprint density at radius 3 is 0.975 bits per heavy atom. The average Bonchev–Trinajstić information content (AvgIpc) is 2.94. The lowest BCUT2D eigenvalue weighted by Crippen LogP contribution is -2.44. The lowest BCUT2D eigenvalue weighted by atomic mass is 9.50. The van der Waals surface area contributed by atoms with Gasteiger partial charge in [-0.05, 0) is 49.9 Å². The molecule has 0 aromatic heterocycles. The summed E-state index contributed by atoms with van der Waals surface area (Å²) in [5.74, 6) is 0. The van der Waals surface area contributed by atoms with Gasteiger partial charge in [0, 0.05) is 10.9 Å². The molecule has 0 aliphatic carbocycles. The van der Waals surface area contributed by atoms with Crippen LogP contribution in [0.1, 0.15) is 70.2 Å². The summed E-state index contributed by atoms with van der Waals surface area (Å²) in [4.78, 5) is 0. The second kappa shape index (κ2) is 13.5. The van der Waals surface area contributed by atoms with Gasteiger partial charge >= 0.3 is 0 Å². The molecule has 0 saturated heterocycles. The monoisotopic (exact) mass is 528 g/mol. The van der Waals surface area contributed by atoms with E-state index in [1.54, 1.807) is 0 Å². The van der Waals surface area contributed by atoms with Gasteiger partial charge in [-0.15, -0.1) is 0 Å². The van der Waals surface area contributed by atoms with Crippen molar-refractivity contribution in [3.05, 3.63) is 142 Å². The molecule has 4 heteroatoms. The zero-order valence-electron chi connectivity index (χ0n) is 25.0. The van der Waals surface area contributed by atoms with E-state index in [9.17, 15) is 0 Å². The summed E-state index contributed by atoms with van der Waals surface area (Å²) in [6, 6.07) is 34.9. The van der Waals surface area contributed by atoms with E-state index in [1.165, 1.54) is 70.2 Å². The fraction of sp³-hybridized carbons (Fsp3) is 0.333. The van der Waals surface area contributed by atoms with Crippen LogP contribution in [0.2, 0.25) is 12.6 Å². The Morgan fingerprint density at radius 1 is 0.450 bits per heavy atom. The molecular formula is C36H46B2N2. The molecule has 0 heterocycles. The van der Waals surface area contributed by atoms with Crippen LogP contribution in [0.5, 0.6) is 0 Å². The van der Waals surface area contributed by atoms with Crippen LogP contribution < -0.4 is 11.5 Å². The zero-order valence-corrected chi connectivity index (χ0v) is 25.0. The minimum Gasteiger partial charge on any atom is -0.325 e. The largest absolute Gasteiger partial charge is 0.325 e. The van der Waals surface area contributed by atoms with Crippen molar-refractivity contribution in [1.29, 1.82) is 0 Å². The van der Waals surface area contributed by atoms with Crippen molar-refractivity contribution in [3.63, 3.8) is 0 Å². The maximum atomic E-state index is 7.21. The highest BCUT2D eigenvalue weighted by molar-refractivity contribution is 6.41. The SMILES string of the molecule is Cc1cccc(C(N)(BCCCCCCBC(N)(c2cccc(C)c2)c2cccc(C)c2)c2cccc(C)c2)c1. The molecular weight excluding hydrogens is 482 g/mol. The number of hydrogen-bond donors (Lipinski definition) is 2. The molecule has 4 aromatic carbocycles. The van der Waals surface area contributed by atoms with Gasteiger partial charge < -0.3 is 11.5 Å². The van der Waals surface area contributed by atoms with E-state index in [1.807, 2.05) is 0 Å². The van der Waals surface area contributed by atoms with Crippen molar-refractivity contribution in [1.82, 2.24) is 0 Å². The van der Waals surface area contributed by atoms with Crippen LogP contribution in [0.25, 0.3) is 0 Å². The highest BCUT2D eigenvalue weighted by Crippen LogP contribution is 2.31. The smallest absolute Gasteiger partial charge is 0.157 e. The van der Waals surface area contributed by atoms with E-state index < -0.39 is 10.9 Å². The normalized spacial score (nSPS) is 11.8. The molecule has 206 valence electrons. The molecule has 0 spiro atoms. The van der Waals surface area contributed by atoms with E-state index in [0.29, 0.717) is 0 Å². The first-order valence-corrected chi connectivity index (χ1v) is 15.1. The van der Waals surface area contributed by atoms with Crippen LogP contribution in [-0.4, -0.2) is 14.6 Å². The summed E-state index contributed by atoms with van der Waals surface area (Å²) >= 11 is 0. The maximum Gasteiger partial charge on any atom is 0.157 e. The molecule has 0 atom stereocenters. The minimum absolute atomic E-state index is 0.460. The molecule has 0 aliphatic rings. The molecule has 2 nitrogen and oxygen atoms in total. The van der Waals surface area contributed by atoms with Crippen molar-refractivity contribution in [2.75, 3.05) is 0 Å². The zero-order chi connectivity index (χ0) is 28.6. The van der Waals surface area contributed by atoms with Crippen molar-refractivity contribution in [3.8, 4) is 0 Å². The summed E-state index contributed by atoms with van der Waals surface area (Å²) in [5.41, 5.74) is 23.4. The number of aryl methyl sites for hydroxylation is 4. The van der Waals surface area contributed by atoms with Crippen LogP contribution in [-0.2, 0) is 10.9 Å². The van der Waals surface area contributed by atoms with Crippen LogP contribution in [0.4, 0.5) is 0 Å². The van der Waals surface area contributed by atoms with Gasteiger partial charge in [0.05, 0.1) is 0 Å². The maximum absolute atomic E-state index is 7.21. The summed E-state index contributed by atoms with van der Waals surface area (Å²) in [7, 11) is 1.90. The Hall–Kier alpha value is -3.07. The topological polar surface area (TPSA) is 52.0 Å². The molecule has 4 aromatic rings. The number of nitrogens with two attached hydrogens (primary N) is 2. The first-order chi connectivity index (χ1) is 19.2. The minimum atomic E-state index is -0.460. The Kier molecular flexibility index (Phi) is 10.1. The molecule has 0 radical (unpaired) electrons.